The molecule has 0 atom stereocenters. The summed E-state index contributed by atoms with van der Waals surface area (Å²) in [6, 6.07) is 68.9. The van der Waals surface area contributed by atoms with Crippen LogP contribution in [0.1, 0.15) is 40.3 Å². The Morgan fingerprint density at radius 1 is 0.484 bits per heavy atom. The fraction of sp³-hybridized carbons (Fsp3) is 0.0508. The molecule has 9 aromatic rings. The van der Waals surface area contributed by atoms with Gasteiger partial charge in [0.25, 0.3) is 0 Å². The Labute approximate surface area is 375 Å². The summed E-state index contributed by atoms with van der Waals surface area (Å²) < 4.78 is 5.69. The number of fused-ring (bicyclic) bond motifs is 2. The van der Waals surface area contributed by atoms with Gasteiger partial charge in [0.2, 0.25) is 5.69 Å². The van der Waals surface area contributed by atoms with Crippen molar-refractivity contribution in [3.63, 3.8) is 0 Å². The number of rotatable bonds is 12. The third-order valence-corrected chi connectivity index (χ3v) is 11.3. The van der Waals surface area contributed by atoms with Crippen molar-refractivity contribution in [2.24, 2.45) is 0 Å². The smallest absolute Gasteiger partial charge is 0.202 e. The molecule has 0 radical (unpaired) electrons. The number of ether oxygens (including phenoxy) is 1. The first kappa shape index (κ1) is 40.7. The maximum absolute atomic E-state index is 10.5. The van der Waals surface area contributed by atoms with Gasteiger partial charge in [0.1, 0.15) is 11.8 Å². The first-order valence-electron chi connectivity index (χ1n) is 21.4. The highest BCUT2D eigenvalue weighted by molar-refractivity contribution is 6.16. The molecule has 9 aromatic carbocycles. The lowest BCUT2D eigenvalue weighted by Gasteiger charge is -2.25. The second kappa shape index (κ2) is 18.5. The fourth-order valence-electron chi connectivity index (χ4n) is 8.14. The van der Waals surface area contributed by atoms with Gasteiger partial charge in [0.05, 0.1) is 18.7 Å². The van der Waals surface area contributed by atoms with E-state index in [0.29, 0.717) is 17.9 Å². The minimum absolute atomic E-state index is 0.544. The summed E-state index contributed by atoms with van der Waals surface area (Å²) in [5, 5.41) is 13.6. The van der Waals surface area contributed by atoms with Crippen molar-refractivity contribution in [3.05, 3.63) is 239 Å². The Morgan fingerprint density at radius 3 is 1.36 bits per heavy atom. The van der Waals surface area contributed by atoms with Crippen LogP contribution < -0.4 is 14.5 Å². The molecule has 5 nitrogen and oxygen atoms in total. The Hall–Kier alpha value is -8.64. The molecule has 0 bridgehead atoms. The van der Waals surface area contributed by atoms with E-state index in [1.54, 1.807) is 0 Å². The van der Waals surface area contributed by atoms with Crippen molar-refractivity contribution in [1.29, 1.82) is 5.26 Å². The number of nitrogens with zero attached hydrogens (tertiary/aromatic N) is 4. The van der Waals surface area contributed by atoms with Gasteiger partial charge < -0.3 is 14.5 Å². The van der Waals surface area contributed by atoms with E-state index < -0.39 is 0 Å². The zero-order chi connectivity index (χ0) is 43.8. The molecule has 0 spiro atoms. The molecule has 0 aliphatic rings. The van der Waals surface area contributed by atoms with Crippen molar-refractivity contribution >= 4 is 85.7 Å². The van der Waals surface area contributed by atoms with Crippen LogP contribution >= 0.6 is 0 Å². The molecule has 0 saturated carbocycles. The minimum Gasteiger partial charge on any atom is -0.494 e. The zero-order valence-electron chi connectivity index (χ0n) is 35.7. The van der Waals surface area contributed by atoms with Gasteiger partial charge in [-0.3, -0.25) is 0 Å². The summed E-state index contributed by atoms with van der Waals surface area (Å²) in [5.74, 6) is 0.843. The van der Waals surface area contributed by atoms with Crippen LogP contribution in [-0.2, 0) is 0 Å². The van der Waals surface area contributed by atoms with Gasteiger partial charge in [0.15, 0.2) is 0 Å². The minimum atomic E-state index is 0.544. The van der Waals surface area contributed by atoms with E-state index in [0.717, 1.165) is 83.7 Å². The van der Waals surface area contributed by atoms with Crippen molar-refractivity contribution in [1.82, 2.24) is 0 Å². The Kier molecular flexibility index (Phi) is 11.8. The van der Waals surface area contributed by atoms with E-state index in [2.05, 4.69) is 173 Å². The molecule has 9 rings (SSSR count). The normalized spacial score (nSPS) is 11.2. The van der Waals surface area contributed by atoms with Gasteiger partial charge >= 0.3 is 0 Å². The number of hydrogen-bond donors (Lipinski definition) is 0. The summed E-state index contributed by atoms with van der Waals surface area (Å²) >= 11 is 0. The molecule has 306 valence electrons. The molecule has 5 heteroatoms. The molecular formula is C59H44N4O. The predicted molar refractivity (Wildman–Crippen MR) is 268 cm³/mol. The van der Waals surface area contributed by atoms with Crippen molar-refractivity contribution in [2.45, 2.75) is 13.8 Å². The quantitative estimate of drug-likeness (QED) is 0.0699. The molecule has 0 fully saturated rings. The average Bonchev–Trinajstić information content (AvgIpc) is 3.34. The third kappa shape index (κ3) is 8.61. The SMILES string of the molecule is [C-]#[N+]c1c2ccc(/C=C\c3ccc(N(c4ccccc4)c4ccc(OCC)cc4)cc3)cc2c(C#N)c2ccc(/C=C\c3ccc(N(c4ccccc4)c4ccc(C)cc4)cc3)cc12. The van der Waals surface area contributed by atoms with Crippen LogP contribution in [0.5, 0.6) is 5.75 Å². The third-order valence-electron chi connectivity index (χ3n) is 11.3. The summed E-state index contributed by atoms with van der Waals surface area (Å²) in [4.78, 5) is 8.50. The van der Waals surface area contributed by atoms with Crippen molar-refractivity contribution < 1.29 is 4.74 Å². The van der Waals surface area contributed by atoms with Gasteiger partial charge in [-0.2, -0.15) is 5.26 Å². The number of nitriles is 1. The number of para-hydroxylation sites is 2. The molecule has 0 aromatic heterocycles. The predicted octanol–water partition coefficient (Wildman–Crippen LogP) is 16.4. The van der Waals surface area contributed by atoms with Gasteiger partial charge in [-0.05, 0) is 149 Å². The highest BCUT2D eigenvalue weighted by atomic mass is 16.5. The lowest BCUT2D eigenvalue weighted by Crippen LogP contribution is -2.09. The second-order valence-corrected chi connectivity index (χ2v) is 15.5. The Bertz CT molecular complexity index is 3220. The summed E-state index contributed by atoms with van der Waals surface area (Å²) in [6.07, 6.45) is 8.28. The van der Waals surface area contributed by atoms with Crippen molar-refractivity contribution in [2.75, 3.05) is 16.4 Å². The maximum Gasteiger partial charge on any atom is 0.202 e. The van der Waals surface area contributed by atoms with E-state index in [4.69, 9.17) is 11.3 Å². The van der Waals surface area contributed by atoms with Crippen LogP contribution in [0.2, 0.25) is 0 Å². The zero-order valence-corrected chi connectivity index (χ0v) is 35.7. The van der Waals surface area contributed by atoms with E-state index >= 15 is 0 Å². The van der Waals surface area contributed by atoms with Gasteiger partial charge in [-0.1, -0.05) is 133 Å². The molecule has 0 heterocycles. The van der Waals surface area contributed by atoms with Gasteiger partial charge in [-0.15, -0.1) is 0 Å². The number of anilines is 6. The lowest BCUT2D eigenvalue weighted by atomic mass is 9.93. The topological polar surface area (TPSA) is 43.9 Å². The van der Waals surface area contributed by atoms with Crippen LogP contribution in [0.4, 0.5) is 39.8 Å². The summed E-state index contributed by atoms with van der Waals surface area (Å²) in [5.41, 5.74) is 12.7. The van der Waals surface area contributed by atoms with E-state index in [1.807, 2.05) is 79.7 Å². The summed E-state index contributed by atoms with van der Waals surface area (Å²) in [6.45, 7) is 13.0. The van der Waals surface area contributed by atoms with Gasteiger partial charge in [-0.25, -0.2) is 4.85 Å². The van der Waals surface area contributed by atoms with Crippen molar-refractivity contribution in [3.8, 4) is 11.8 Å². The second-order valence-electron chi connectivity index (χ2n) is 15.5. The van der Waals surface area contributed by atoms with Crippen LogP contribution in [-0.4, -0.2) is 6.61 Å². The van der Waals surface area contributed by atoms with E-state index in [1.165, 1.54) is 5.56 Å². The highest BCUT2D eigenvalue weighted by Gasteiger charge is 2.16. The first-order valence-corrected chi connectivity index (χ1v) is 21.4. The maximum atomic E-state index is 10.5. The van der Waals surface area contributed by atoms with Crippen LogP contribution in [0.15, 0.2) is 194 Å². The number of benzene rings is 9. The molecule has 0 amide bonds. The van der Waals surface area contributed by atoms with Gasteiger partial charge in [0, 0.05) is 34.1 Å². The Morgan fingerprint density at radius 2 is 0.891 bits per heavy atom. The monoisotopic (exact) mass is 824 g/mol. The fourth-order valence-corrected chi connectivity index (χ4v) is 8.14. The largest absolute Gasteiger partial charge is 0.494 e. The first-order chi connectivity index (χ1) is 31.5. The molecule has 0 N–H and O–H groups in total. The number of aryl methyl sites for hydroxylation is 1. The molecule has 0 saturated heterocycles. The standard InChI is InChI=1S/C59H44N4O/c1-4-64-53-35-33-52(34-36-53)63(48-13-9-6-10-14-48)51-31-23-43(24-32-51)17-19-45-26-38-55-56(39-45)58(41-60)54-37-25-46(40-57(54)59(55)61-3)20-18-44-21-29-50(30-22-44)62(47-11-7-5-8-12-47)49-27-15-42(2)16-28-49/h5-40H,4H2,1-2H3/b19-17-,20-18-. The molecule has 0 aliphatic heterocycles. The molecular weight excluding hydrogens is 781 g/mol. The molecule has 64 heavy (non-hydrogen) atoms. The average molecular weight is 825 g/mol. The molecule has 0 aliphatic carbocycles. The van der Waals surface area contributed by atoms with E-state index in [9.17, 15) is 5.26 Å². The molecule has 0 unspecified atom stereocenters. The highest BCUT2D eigenvalue weighted by Crippen LogP contribution is 2.41. The number of hydrogen-bond acceptors (Lipinski definition) is 4. The lowest BCUT2D eigenvalue weighted by molar-refractivity contribution is 0.340. The van der Waals surface area contributed by atoms with E-state index in [-0.39, 0.29) is 0 Å². The van der Waals surface area contributed by atoms with Crippen LogP contribution in [0.25, 0.3) is 50.7 Å². The van der Waals surface area contributed by atoms with Crippen LogP contribution in [0.3, 0.4) is 0 Å². The Balaban J connectivity index is 0.964. The summed E-state index contributed by atoms with van der Waals surface area (Å²) in [7, 11) is 0. The van der Waals surface area contributed by atoms with Crippen LogP contribution in [0, 0.1) is 24.8 Å².